The zero-order valence-corrected chi connectivity index (χ0v) is 25.4. The van der Waals surface area contributed by atoms with Crippen molar-refractivity contribution in [3.63, 3.8) is 0 Å². The first-order chi connectivity index (χ1) is 22.2. The fourth-order valence-corrected chi connectivity index (χ4v) is 4.96. The van der Waals surface area contributed by atoms with Crippen molar-refractivity contribution >= 4 is 35.0 Å². The summed E-state index contributed by atoms with van der Waals surface area (Å²) in [4.78, 5) is 60.4. The molecule has 2 aliphatic rings. The van der Waals surface area contributed by atoms with Crippen LogP contribution in [0.1, 0.15) is 54.0 Å². The maximum absolute atomic E-state index is 13.3. The molecule has 2 saturated heterocycles. The van der Waals surface area contributed by atoms with E-state index in [0.29, 0.717) is 24.7 Å². The van der Waals surface area contributed by atoms with Crippen LogP contribution in [0, 0.1) is 29.1 Å². The number of piperidine rings is 1. The number of nitriles is 1. The van der Waals surface area contributed by atoms with Crippen LogP contribution in [0.5, 0.6) is 0 Å². The third-order valence-corrected chi connectivity index (χ3v) is 7.90. The minimum Gasteiger partial charge on any atom is -0.368 e. The summed E-state index contributed by atoms with van der Waals surface area (Å²) in [6.45, 7) is 4.30. The molecule has 0 saturated carbocycles. The van der Waals surface area contributed by atoms with E-state index in [0.717, 1.165) is 11.9 Å². The highest BCUT2D eigenvalue weighted by molar-refractivity contribution is 6.03. The van der Waals surface area contributed by atoms with Gasteiger partial charge in [0.05, 0.1) is 47.0 Å². The highest BCUT2D eigenvalue weighted by Crippen LogP contribution is 2.33. The summed E-state index contributed by atoms with van der Waals surface area (Å²) in [5.74, 6) is 4.27. The molecule has 0 spiro atoms. The van der Waals surface area contributed by atoms with Crippen LogP contribution >= 0.6 is 0 Å². The summed E-state index contributed by atoms with van der Waals surface area (Å²) >= 11 is 0. The van der Waals surface area contributed by atoms with Crippen LogP contribution in [0.4, 0.5) is 24.5 Å². The fraction of sp³-hybridized carbons (Fsp3) is 0.355. The molecule has 3 aromatic rings. The Hall–Kier alpha value is -5.77. The molecule has 1 unspecified atom stereocenters. The van der Waals surface area contributed by atoms with E-state index in [2.05, 4.69) is 37.5 Å². The number of carbonyl (C=O) groups excluding carboxylic acids is 4. The Kier molecular flexibility index (Phi) is 8.71. The van der Waals surface area contributed by atoms with Crippen molar-refractivity contribution in [2.45, 2.75) is 44.4 Å². The summed E-state index contributed by atoms with van der Waals surface area (Å²) in [6, 6.07) is 4.66. The Balaban J connectivity index is 1.15. The zero-order chi connectivity index (χ0) is 34.1. The van der Waals surface area contributed by atoms with Gasteiger partial charge in [0.25, 0.3) is 11.8 Å². The van der Waals surface area contributed by atoms with Gasteiger partial charge in [0.15, 0.2) is 5.69 Å². The van der Waals surface area contributed by atoms with Crippen molar-refractivity contribution in [1.29, 1.82) is 5.26 Å². The van der Waals surface area contributed by atoms with E-state index >= 15 is 0 Å². The summed E-state index contributed by atoms with van der Waals surface area (Å²) < 4.78 is 41.2. The fourth-order valence-electron chi connectivity index (χ4n) is 4.96. The van der Waals surface area contributed by atoms with Crippen molar-refractivity contribution in [2.24, 2.45) is 5.92 Å². The topological polar surface area (TPSA) is 166 Å². The summed E-state index contributed by atoms with van der Waals surface area (Å²) in [6.07, 6.45) is 1.19. The minimum absolute atomic E-state index is 0.0290. The lowest BCUT2D eigenvalue weighted by Gasteiger charge is -2.38. The first-order valence-electron chi connectivity index (χ1n) is 14.3. The molecule has 242 valence electrons. The van der Waals surface area contributed by atoms with Crippen molar-refractivity contribution in [3.05, 3.63) is 65.5 Å². The second-order valence-electron chi connectivity index (χ2n) is 11.6. The summed E-state index contributed by atoms with van der Waals surface area (Å²) in [5.41, 5.74) is -2.07. The molecule has 2 N–H and O–H groups in total. The van der Waals surface area contributed by atoms with Gasteiger partial charge in [-0.1, -0.05) is 11.8 Å². The molecule has 0 bridgehead atoms. The quantitative estimate of drug-likeness (QED) is 0.302. The molecule has 3 aromatic heterocycles. The van der Waals surface area contributed by atoms with Gasteiger partial charge in [-0.3, -0.25) is 29.2 Å². The van der Waals surface area contributed by atoms with Gasteiger partial charge in [0.1, 0.15) is 23.3 Å². The summed E-state index contributed by atoms with van der Waals surface area (Å²) in [7, 11) is 1.50. The van der Waals surface area contributed by atoms with E-state index in [1.807, 2.05) is 4.90 Å². The van der Waals surface area contributed by atoms with Crippen LogP contribution in [-0.4, -0.2) is 74.5 Å². The van der Waals surface area contributed by atoms with Gasteiger partial charge in [-0.15, -0.1) is 0 Å². The third kappa shape index (κ3) is 6.91. The Morgan fingerprint density at radius 1 is 1.13 bits per heavy atom. The molecule has 47 heavy (non-hydrogen) atoms. The van der Waals surface area contributed by atoms with Gasteiger partial charge in [0.2, 0.25) is 11.8 Å². The predicted molar refractivity (Wildman–Crippen MR) is 159 cm³/mol. The minimum atomic E-state index is -4.82. The molecule has 16 heteroatoms. The number of hydrogen-bond acceptors (Lipinski definition) is 9. The summed E-state index contributed by atoms with van der Waals surface area (Å²) in [5, 5.41) is 17.8. The number of likely N-dealkylation sites (N-methyl/N-ethyl adjacent to an activating group) is 1. The smallest absolute Gasteiger partial charge is 0.368 e. The average molecular weight is 648 g/mol. The van der Waals surface area contributed by atoms with Crippen LogP contribution in [-0.2, 0) is 26.1 Å². The highest BCUT2D eigenvalue weighted by atomic mass is 19.4. The number of nitrogens with zero attached hydrogens (tertiary/aromatic N) is 7. The van der Waals surface area contributed by atoms with E-state index < -0.39 is 46.7 Å². The number of aromatic nitrogens is 4. The predicted octanol–water partition coefficient (Wildman–Crippen LogP) is 2.30. The first kappa shape index (κ1) is 32.6. The van der Waals surface area contributed by atoms with Gasteiger partial charge < -0.3 is 15.1 Å². The van der Waals surface area contributed by atoms with Crippen LogP contribution in [0.3, 0.4) is 0 Å². The Morgan fingerprint density at radius 3 is 2.51 bits per heavy atom. The number of imide groups is 1. The second kappa shape index (κ2) is 12.6. The van der Waals surface area contributed by atoms with Crippen molar-refractivity contribution in [1.82, 2.24) is 30.0 Å². The molecule has 4 amide bonds. The van der Waals surface area contributed by atoms with Crippen molar-refractivity contribution in [2.75, 3.05) is 30.4 Å². The monoisotopic (exact) mass is 647 g/mol. The Labute approximate surface area is 266 Å². The van der Waals surface area contributed by atoms with E-state index in [1.165, 1.54) is 42.7 Å². The van der Waals surface area contributed by atoms with Crippen molar-refractivity contribution < 1.29 is 32.3 Å². The number of anilines is 2. The lowest BCUT2D eigenvalue weighted by Crippen LogP contribution is -2.53. The van der Waals surface area contributed by atoms with Gasteiger partial charge in [-0.05, 0) is 38.5 Å². The lowest BCUT2D eigenvalue weighted by atomic mass is 10.00. The molecule has 0 aromatic carbocycles. The highest BCUT2D eigenvalue weighted by Gasteiger charge is 2.37. The van der Waals surface area contributed by atoms with Crippen molar-refractivity contribution in [3.8, 4) is 17.9 Å². The molecule has 5 heterocycles. The molecule has 2 aliphatic heterocycles. The van der Waals surface area contributed by atoms with Gasteiger partial charge in [0, 0.05) is 32.8 Å². The van der Waals surface area contributed by atoms with E-state index in [4.69, 9.17) is 5.26 Å². The SMILES string of the molecule is CN(C(=O)c1ccc(N2CC(C#Cc3cnn(C(C)(C)C(=O)Nc4cnc(C#N)c(C(F)(F)F)c4)c3)C2)cn1)C1CCC(=O)NC1=O. The largest absolute Gasteiger partial charge is 0.419 e. The normalized spacial score (nSPS) is 16.7. The number of amides is 4. The van der Waals surface area contributed by atoms with Crippen LogP contribution < -0.4 is 15.5 Å². The molecule has 1 atom stereocenters. The van der Waals surface area contributed by atoms with Crippen LogP contribution in [0.25, 0.3) is 0 Å². The average Bonchev–Trinajstić information content (AvgIpc) is 3.49. The Morgan fingerprint density at radius 2 is 1.87 bits per heavy atom. The maximum atomic E-state index is 13.3. The maximum Gasteiger partial charge on any atom is 0.419 e. The number of nitrogens with one attached hydrogen (secondary N) is 2. The second-order valence-corrected chi connectivity index (χ2v) is 11.6. The Bertz CT molecular complexity index is 1850. The number of halogens is 3. The van der Waals surface area contributed by atoms with Crippen LogP contribution in [0.15, 0.2) is 43.0 Å². The zero-order valence-electron chi connectivity index (χ0n) is 25.4. The first-order valence-corrected chi connectivity index (χ1v) is 14.3. The molecule has 0 radical (unpaired) electrons. The van der Waals surface area contributed by atoms with Gasteiger partial charge in [-0.25, -0.2) is 9.97 Å². The van der Waals surface area contributed by atoms with Gasteiger partial charge in [-0.2, -0.15) is 23.5 Å². The lowest BCUT2D eigenvalue weighted by molar-refractivity contribution is -0.138. The van der Waals surface area contributed by atoms with E-state index in [1.54, 1.807) is 24.5 Å². The molecule has 2 fully saturated rings. The molecule has 0 aliphatic carbocycles. The molecular formula is C31H28F3N9O4. The number of hydrogen-bond donors (Lipinski definition) is 2. The number of carbonyl (C=O) groups is 4. The number of alkyl halides is 3. The standard InChI is InChI=1S/C31H28F3N9O4/c1-30(2,29(47)39-20-10-22(31(32,33)34)24(11-35)36-13-20)43-17-18(12-38-43)4-5-19-15-42(16-19)21-6-7-23(37-14-21)28(46)41(3)25-8-9-26(44)40-27(25)45/h6-7,10,12-14,17,19,25H,8-9,15-16H2,1-3H3,(H,39,47)(H,40,44,45). The molecule has 5 rings (SSSR count). The van der Waals surface area contributed by atoms with E-state index in [9.17, 15) is 32.3 Å². The molecule has 13 nitrogen and oxygen atoms in total. The van der Waals surface area contributed by atoms with Gasteiger partial charge >= 0.3 is 6.18 Å². The molecular weight excluding hydrogens is 619 g/mol. The third-order valence-electron chi connectivity index (χ3n) is 7.90. The van der Waals surface area contributed by atoms with E-state index in [-0.39, 0.29) is 36.0 Å². The van der Waals surface area contributed by atoms with Crippen LogP contribution in [0.2, 0.25) is 0 Å². The number of rotatable bonds is 6. The number of pyridine rings is 2.